The number of rotatable bonds is 5. The van der Waals surface area contributed by atoms with E-state index in [1.165, 1.54) is 0 Å². The number of aryl methyl sites for hydroxylation is 1. The van der Waals surface area contributed by atoms with Crippen LogP contribution in [0.5, 0.6) is 5.75 Å². The maximum atomic E-state index is 12.8. The second-order valence-corrected chi connectivity index (χ2v) is 7.75. The standard InChI is InChI=1S/C28H22N2O3/c1-18-7-6-10-23(26(18)32-2)27(31)29-22-15-16-25-24(17-22)30-28(33-25)21-13-11-20(12-14-21)19-8-4-3-5-9-19/h3-17H,1-2H3,(H,29,31). The Morgan fingerprint density at radius 2 is 1.58 bits per heavy atom. The van der Waals surface area contributed by atoms with Gasteiger partial charge in [-0.3, -0.25) is 4.79 Å². The molecular weight excluding hydrogens is 412 g/mol. The van der Waals surface area contributed by atoms with Crippen molar-refractivity contribution < 1.29 is 13.9 Å². The summed E-state index contributed by atoms with van der Waals surface area (Å²) in [5.74, 6) is 0.863. The fourth-order valence-electron chi connectivity index (χ4n) is 3.87. The number of amides is 1. The highest BCUT2D eigenvalue weighted by molar-refractivity contribution is 6.07. The summed E-state index contributed by atoms with van der Waals surface area (Å²) in [6.07, 6.45) is 0. The zero-order chi connectivity index (χ0) is 22.8. The number of para-hydroxylation sites is 1. The van der Waals surface area contributed by atoms with Gasteiger partial charge < -0.3 is 14.5 Å². The van der Waals surface area contributed by atoms with Crippen LogP contribution in [0.1, 0.15) is 15.9 Å². The zero-order valence-corrected chi connectivity index (χ0v) is 18.3. The molecule has 33 heavy (non-hydrogen) atoms. The lowest BCUT2D eigenvalue weighted by molar-refractivity contribution is 0.102. The van der Waals surface area contributed by atoms with E-state index >= 15 is 0 Å². The second kappa shape index (κ2) is 8.63. The number of fused-ring (bicyclic) bond motifs is 1. The third-order valence-corrected chi connectivity index (χ3v) is 5.55. The highest BCUT2D eigenvalue weighted by Gasteiger charge is 2.15. The molecule has 5 rings (SSSR count). The molecule has 4 aromatic carbocycles. The molecule has 162 valence electrons. The molecule has 0 spiro atoms. The molecule has 0 saturated heterocycles. The lowest BCUT2D eigenvalue weighted by Gasteiger charge is -2.11. The van der Waals surface area contributed by atoms with Gasteiger partial charge in [-0.1, -0.05) is 54.6 Å². The van der Waals surface area contributed by atoms with E-state index in [0.29, 0.717) is 34.0 Å². The van der Waals surface area contributed by atoms with Crippen molar-refractivity contribution in [1.82, 2.24) is 4.98 Å². The van der Waals surface area contributed by atoms with E-state index in [9.17, 15) is 4.79 Å². The highest BCUT2D eigenvalue weighted by Crippen LogP contribution is 2.29. The molecule has 0 unspecified atom stereocenters. The first-order valence-electron chi connectivity index (χ1n) is 10.6. The van der Waals surface area contributed by atoms with Gasteiger partial charge in [0.25, 0.3) is 5.91 Å². The molecule has 1 aromatic heterocycles. The molecule has 5 aromatic rings. The number of nitrogens with zero attached hydrogens (tertiary/aromatic N) is 1. The van der Waals surface area contributed by atoms with Crippen LogP contribution in [0.2, 0.25) is 0 Å². The van der Waals surface area contributed by atoms with E-state index in [1.807, 2.05) is 55.5 Å². The van der Waals surface area contributed by atoms with Gasteiger partial charge in [0.15, 0.2) is 5.58 Å². The van der Waals surface area contributed by atoms with Crippen molar-refractivity contribution in [2.75, 3.05) is 12.4 Å². The van der Waals surface area contributed by atoms with Gasteiger partial charge in [0.2, 0.25) is 5.89 Å². The average Bonchev–Trinajstić information content (AvgIpc) is 3.28. The fraction of sp³-hybridized carbons (Fsp3) is 0.0714. The number of ether oxygens (including phenoxy) is 1. The predicted molar refractivity (Wildman–Crippen MR) is 131 cm³/mol. The zero-order valence-electron chi connectivity index (χ0n) is 18.3. The first kappa shape index (κ1) is 20.5. The summed E-state index contributed by atoms with van der Waals surface area (Å²) < 4.78 is 11.4. The maximum absolute atomic E-state index is 12.8. The third-order valence-electron chi connectivity index (χ3n) is 5.55. The Hall–Kier alpha value is -4.38. The Morgan fingerprint density at radius 1 is 0.848 bits per heavy atom. The normalized spacial score (nSPS) is 10.8. The summed E-state index contributed by atoms with van der Waals surface area (Å²) in [6, 6.07) is 29.2. The van der Waals surface area contributed by atoms with Crippen LogP contribution in [0.3, 0.4) is 0 Å². The summed E-state index contributed by atoms with van der Waals surface area (Å²) in [6.45, 7) is 1.91. The first-order valence-corrected chi connectivity index (χ1v) is 10.6. The smallest absolute Gasteiger partial charge is 0.259 e. The van der Waals surface area contributed by atoms with Gasteiger partial charge in [0.1, 0.15) is 11.3 Å². The van der Waals surface area contributed by atoms with Crippen molar-refractivity contribution in [3.63, 3.8) is 0 Å². The minimum absolute atomic E-state index is 0.241. The van der Waals surface area contributed by atoms with Crippen LogP contribution < -0.4 is 10.1 Å². The van der Waals surface area contributed by atoms with E-state index in [2.05, 4.69) is 34.6 Å². The van der Waals surface area contributed by atoms with Gasteiger partial charge in [-0.2, -0.15) is 0 Å². The number of nitrogens with one attached hydrogen (secondary N) is 1. The minimum Gasteiger partial charge on any atom is -0.496 e. The van der Waals surface area contributed by atoms with Crippen molar-refractivity contribution in [2.45, 2.75) is 6.92 Å². The summed E-state index contributed by atoms with van der Waals surface area (Å²) >= 11 is 0. The van der Waals surface area contributed by atoms with Crippen LogP contribution >= 0.6 is 0 Å². The van der Waals surface area contributed by atoms with E-state index in [1.54, 1.807) is 25.3 Å². The van der Waals surface area contributed by atoms with Crippen LogP contribution in [0.4, 0.5) is 5.69 Å². The fourth-order valence-corrected chi connectivity index (χ4v) is 3.87. The Balaban J connectivity index is 1.39. The monoisotopic (exact) mass is 434 g/mol. The van der Waals surface area contributed by atoms with Gasteiger partial charge in [0.05, 0.1) is 12.7 Å². The number of oxazole rings is 1. The van der Waals surface area contributed by atoms with Crippen LogP contribution in [0, 0.1) is 6.92 Å². The molecule has 1 amide bonds. The number of benzene rings is 4. The highest BCUT2D eigenvalue weighted by atomic mass is 16.5. The quantitative estimate of drug-likeness (QED) is 0.333. The molecule has 5 heteroatoms. The van der Waals surface area contributed by atoms with Gasteiger partial charge in [-0.25, -0.2) is 4.98 Å². The van der Waals surface area contributed by atoms with Gasteiger partial charge in [0, 0.05) is 11.3 Å². The summed E-state index contributed by atoms with van der Waals surface area (Å²) in [4.78, 5) is 17.5. The van der Waals surface area contributed by atoms with Crippen molar-refractivity contribution in [1.29, 1.82) is 0 Å². The molecule has 5 nitrogen and oxygen atoms in total. The number of carbonyl (C=O) groups is 1. The Bertz CT molecular complexity index is 1440. The van der Waals surface area contributed by atoms with Crippen molar-refractivity contribution in [2.24, 2.45) is 0 Å². The van der Waals surface area contributed by atoms with Gasteiger partial charge in [-0.05, 0) is 60.0 Å². The molecule has 1 N–H and O–H groups in total. The number of hydrogen-bond acceptors (Lipinski definition) is 4. The van der Waals surface area contributed by atoms with Gasteiger partial charge >= 0.3 is 0 Å². The Labute approximate surface area is 191 Å². The Kier molecular flexibility index (Phi) is 5.37. The van der Waals surface area contributed by atoms with E-state index in [0.717, 1.165) is 22.3 Å². The molecule has 0 fully saturated rings. The minimum atomic E-state index is -0.241. The molecule has 0 radical (unpaired) electrons. The molecule has 0 atom stereocenters. The lowest BCUT2D eigenvalue weighted by atomic mass is 10.0. The van der Waals surface area contributed by atoms with E-state index in [4.69, 9.17) is 9.15 Å². The summed E-state index contributed by atoms with van der Waals surface area (Å²) in [5, 5.41) is 2.93. The molecule has 0 aliphatic rings. The number of anilines is 1. The Morgan fingerprint density at radius 3 is 2.33 bits per heavy atom. The maximum Gasteiger partial charge on any atom is 0.259 e. The molecule has 0 bridgehead atoms. The van der Waals surface area contributed by atoms with Gasteiger partial charge in [-0.15, -0.1) is 0 Å². The largest absolute Gasteiger partial charge is 0.496 e. The molecule has 0 aliphatic carbocycles. The number of aromatic nitrogens is 1. The third kappa shape index (κ3) is 4.08. The van der Waals surface area contributed by atoms with E-state index < -0.39 is 0 Å². The van der Waals surface area contributed by atoms with Crippen LogP contribution in [0.15, 0.2) is 95.4 Å². The van der Waals surface area contributed by atoms with E-state index in [-0.39, 0.29) is 5.91 Å². The average molecular weight is 434 g/mol. The predicted octanol–water partition coefficient (Wildman–Crippen LogP) is 6.73. The molecule has 1 heterocycles. The molecular formula is C28H22N2O3. The second-order valence-electron chi connectivity index (χ2n) is 7.75. The van der Waals surface area contributed by atoms with Crippen molar-refractivity contribution >= 4 is 22.7 Å². The number of carbonyl (C=O) groups excluding carboxylic acids is 1. The summed E-state index contributed by atoms with van der Waals surface area (Å²) in [7, 11) is 1.56. The first-order chi connectivity index (χ1) is 16.1. The van der Waals surface area contributed by atoms with Crippen LogP contribution in [-0.2, 0) is 0 Å². The van der Waals surface area contributed by atoms with Crippen molar-refractivity contribution in [3.8, 4) is 28.3 Å². The lowest BCUT2D eigenvalue weighted by Crippen LogP contribution is -2.13. The summed E-state index contributed by atoms with van der Waals surface area (Å²) in [5.41, 5.74) is 6.53. The number of methoxy groups -OCH3 is 1. The topological polar surface area (TPSA) is 64.4 Å². The molecule has 0 saturated carbocycles. The van der Waals surface area contributed by atoms with Crippen molar-refractivity contribution in [3.05, 3.63) is 102 Å². The molecule has 0 aliphatic heterocycles. The van der Waals surface area contributed by atoms with Crippen LogP contribution in [0.25, 0.3) is 33.7 Å². The van der Waals surface area contributed by atoms with Crippen LogP contribution in [-0.4, -0.2) is 18.0 Å². The number of hydrogen-bond donors (Lipinski definition) is 1. The SMILES string of the molecule is COc1c(C)cccc1C(=O)Nc1ccc2oc(-c3ccc(-c4ccccc4)cc3)nc2c1.